The van der Waals surface area contributed by atoms with Gasteiger partial charge in [0.1, 0.15) is 5.72 Å². The van der Waals surface area contributed by atoms with Gasteiger partial charge in [-0.3, -0.25) is 14.5 Å². The Labute approximate surface area is 181 Å². The molecule has 162 valence electrons. The summed E-state index contributed by atoms with van der Waals surface area (Å²) in [6.45, 7) is 2.66. The molecule has 2 fully saturated rings. The Hall–Kier alpha value is -3.19. The predicted octanol–water partition coefficient (Wildman–Crippen LogP) is 2.48. The number of hydrogen-bond donors (Lipinski definition) is 1. The summed E-state index contributed by atoms with van der Waals surface area (Å²) in [7, 11) is 0. The zero-order valence-corrected chi connectivity index (χ0v) is 17.5. The van der Waals surface area contributed by atoms with E-state index < -0.39 is 17.7 Å². The fourth-order valence-electron chi connectivity index (χ4n) is 4.46. The summed E-state index contributed by atoms with van der Waals surface area (Å²) >= 11 is 0. The zero-order chi connectivity index (χ0) is 22.0. The van der Waals surface area contributed by atoms with Gasteiger partial charge in [0.05, 0.1) is 13.0 Å². The maximum absolute atomic E-state index is 13.3. The highest BCUT2D eigenvalue weighted by Gasteiger charge is 2.54. The molecule has 0 unspecified atom stereocenters. The van der Waals surface area contributed by atoms with Crippen molar-refractivity contribution in [2.24, 2.45) is 0 Å². The van der Waals surface area contributed by atoms with Crippen LogP contribution in [0.4, 0.5) is 0 Å². The van der Waals surface area contributed by atoms with Crippen LogP contribution < -0.4 is 0 Å². The molecule has 1 spiro atoms. The van der Waals surface area contributed by atoms with E-state index in [1.807, 2.05) is 43.3 Å². The van der Waals surface area contributed by atoms with Crippen LogP contribution in [0.5, 0.6) is 0 Å². The first kappa shape index (κ1) is 21.1. The van der Waals surface area contributed by atoms with Crippen molar-refractivity contribution >= 4 is 17.8 Å². The number of likely N-dealkylation sites (tertiary alicyclic amines) is 1. The molecule has 2 saturated heterocycles. The van der Waals surface area contributed by atoms with E-state index in [1.165, 1.54) is 4.90 Å². The summed E-state index contributed by atoms with van der Waals surface area (Å²) in [5.74, 6) is -1.41. The smallest absolute Gasteiger partial charge is 0.328 e. The first-order chi connectivity index (χ1) is 14.9. The first-order valence-corrected chi connectivity index (χ1v) is 10.5. The Balaban J connectivity index is 1.51. The van der Waals surface area contributed by atoms with Crippen LogP contribution in [0.25, 0.3) is 0 Å². The van der Waals surface area contributed by atoms with E-state index in [9.17, 15) is 19.5 Å². The summed E-state index contributed by atoms with van der Waals surface area (Å²) in [6, 6.07) is 15.6. The molecule has 2 aliphatic rings. The minimum Gasteiger partial charge on any atom is -0.480 e. The average Bonchev–Trinajstić information content (AvgIpc) is 3.13. The molecule has 7 nitrogen and oxygen atoms in total. The summed E-state index contributed by atoms with van der Waals surface area (Å²) in [6.07, 6.45) is 1.09. The third-order valence-corrected chi connectivity index (χ3v) is 6.13. The summed E-state index contributed by atoms with van der Waals surface area (Å²) < 4.78 is 5.97. The van der Waals surface area contributed by atoms with Crippen LogP contribution in [0.3, 0.4) is 0 Å². The lowest BCUT2D eigenvalue weighted by molar-refractivity contribution is -0.147. The third kappa shape index (κ3) is 4.18. The number of carboxylic acids is 1. The first-order valence-electron chi connectivity index (χ1n) is 10.5. The van der Waals surface area contributed by atoms with E-state index in [0.29, 0.717) is 37.9 Å². The molecule has 1 N–H and O–H groups in total. The van der Waals surface area contributed by atoms with E-state index in [1.54, 1.807) is 23.1 Å². The van der Waals surface area contributed by atoms with Gasteiger partial charge in [-0.05, 0) is 24.6 Å². The molecule has 2 aromatic carbocycles. The van der Waals surface area contributed by atoms with Crippen molar-refractivity contribution in [3.8, 4) is 0 Å². The highest BCUT2D eigenvalue weighted by molar-refractivity contribution is 5.97. The number of amides is 2. The van der Waals surface area contributed by atoms with Crippen molar-refractivity contribution in [2.75, 3.05) is 19.7 Å². The number of nitrogens with zero attached hydrogens (tertiary/aromatic N) is 2. The van der Waals surface area contributed by atoms with Crippen molar-refractivity contribution in [3.63, 3.8) is 0 Å². The molecule has 0 bridgehead atoms. The molecule has 0 aromatic heterocycles. The van der Waals surface area contributed by atoms with Gasteiger partial charge in [0, 0.05) is 31.5 Å². The van der Waals surface area contributed by atoms with Gasteiger partial charge in [0.2, 0.25) is 5.91 Å². The van der Waals surface area contributed by atoms with E-state index in [4.69, 9.17) is 4.74 Å². The lowest BCUT2D eigenvalue weighted by Crippen LogP contribution is -2.58. The quantitative estimate of drug-likeness (QED) is 0.818. The van der Waals surface area contributed by atoms with Crippen molar-refractivity contribution in [3.05, 3.63) is 71.3 Å². The minimum atomic E-state index is -1.08. The number of benzene rings is 2. The van der Waals surface area contributed by atoms with Crippen molar-refractivity contribution in [1.29, 1.82) is 0 Å². The van der Waals surface area contributed by atoms with Crippen LogP contribution in [-0.2, 0) is 20.7 Å². The Morgan fingerprint density at radius 1 is 1.06 bits per heavy atom. The predicted molar refractivity (Wildman–Crippen MR) is 113 cm³/mol. The largest absolute Gasteiger partial charge is 0.480 e. The van der Waals surface area contributed by atoms with Gasteiger partial charge in [0.15, 0.2) is 6.04 Å². The zero-order valence-electron chi connectivity index (χ0n) is 17.5. The molecule has 0 radical (unpaired) electrons. The summed E-state index contributed by atoms with van der Waals surface area (Å²) in [4.78, 5) is 41.1. The molecular formula is C24H26N2O5. The van der Waals surface area contributed by atoms with Gasteiger partial charge in [0.25, 0.3) is 5.91 Å². The number of piperidine rings is 1. The molecule has 0 saturated carbocycles. The maximum atomic E-state index is 13.3. The molecule has 2 heterocycles. The number of hydrogen-bond acceptors (Lipinski definition) is 4. The maximum Gasteiger partial charge on any atom is 0.328 e. The Kier molecular flexibility index (Phi) is 5.78. The van der Waals surface area contributed by atoms with Crippen LogP contribution in [0.1, 0.15) is 34.3 Å². The van der Waals surface area contributed by atoms with Gasteiger partial charge in [-0.15, -0.1) is 0 Å². The molecule has 2 amide bonds. The number of carboxylic acid groups (broad SMARTS) is 1. The second-order valence-electron chi connectivity index (χ2n) is 8.20. The van der Waals surface area contributed by atoms with E-state index in [0.717, 1.165) is 11.1 Å². The number of carbonyl (C=O) groups is 3. The molecule has 1 atom stereocenters. The number of aliphatic carboxylic acids is 1. The van der Waals surface area contributed by atoms with Gasteiger partial charge >= 0.3 is 5.97 Å². The molecule has 2 aliphatic heterocycles. The fourth-order valence-corrected chi connectivity index (χ4v) is 4.46. The molecular weight excluding hydrogens is 396 g/mol. The number of rotatable bonds is 4. The topological polar surface area (TPSA) is 87.2 Å². The van der Waals surface area contributed by atoms with Crippen LogP contribution in [0.2, 0.25) is 0 Å². The molecule has 7 heteroatoms. The molecule has 31 heavy (non-hydrogen) atoms. The van der Waals surface area contributed by atoms with Crippen molar-refractivity contribution in [1.82, 2.24) is 9.80 Å². The Morgan fingerprint density at radius 3 is 2.42 bits per heavy atom. The van der Waals surface area contributed by atoms with E-state index >= 15 is 0 Å². The monoisotopic (exact) mass is 422 g/mol. The second kappa shape index (κ2) is 8.51. The van der Waals surface area contributed by atoms with Crippen LogP contribution >= 0.6 is 0 Å². The molecule has 2 aromatic rings. The Morgan fingerprint density at radius 2 is 1.77 bits per heavy atom. The van der Waals surface area contributed by atoms with Gasteiger partial charge in [-0.25, -0.2) is 4.79 Å². The van der Waals surface area contributed by atoms with Crippen molar-refractivity contribution in [2.45, 2.75) is 38.0 Å². The van der Waals surface area contributed by atoms with E-state index in [-0.39, 0.29) is 18.4 Å². The highest BCUT2D eigenvalue weighted by atomic mass is 16.5. The number of aryl methyl sites for hydroxylation is 1. The Bertz CT molecular complexity index is 982. The van der Waals surface area contributed by atoms with Crippen molar-refractivity contribution < 1.29 is 24.2 Å². The average molecular weight is 422 g/mol. The van der Waals surface area contributed by atoms with E-state index in [2.05, 4.69) is 0 Å². The molecule has 0 aliphatic carbocycles. The third-order valence-electron chi connectivity index (χ3n) is 6.13. The SMILES string of the molecule is Cc1cccc(C(=O)N2[C@@H](C(=O)O)COC23CCN(C(=O)Cc2ccccc2)CC3)c1. The normalized spacial score (nSPS) is 20.1. The minimum absolute atomic E-state index is 0.0189. The van der Waals surface area contributed by atoms with Crippen LogP contribution in [0, 0.1) is 6.92 Å². The van der Waals surface area contributed by atoms with Gasteiger partial charge in [-0.1, -0.05) is 48.0 Å². The van der Waals surface area contributed by atoms with Crippen LogP contribution in [-0.4, -0.2) is 64.2 Å². The lowest BCUT2D eigenvalue weighted by Gasteiger charge is -2.44. The second-order valence-corrected chi connectivity index (χ2v) is 8.20. The fraction of sp³-hybridized carbons (Fsp3) is 0.375. The van der Waals surface area contributed by atoms with Gasteiger partial charge in [-0.2, -0.15) is 0 Å². The van der Waals surface area contributed by atoms with Crippen LogP contribution in [0.15, 0.2) is 54.6 Å². The highest BCUT2D eigenvalue weighted by Crippen LogP contribution is 2.38. The standard InChI is InChI=1S/C24H26N2O5/c1-17-6-5-9-19(14-17)22(28)26-20(23(29)30)16-31-24(26)10-12-25(13-11-24)21(27)15-18-7-3-2-4-8-18/h2-9,14,20H,10-13,15-16H2,1H3,(H,29,30)/t20-/m1/s1. The lowest BCUT2D eigenvalue weighted by atomic mass is 9.96. The number of ether oxygens (including phenoxy) is 1. The molecule has 4 rings (SSSR count). The number of carbonyl (C=O) groups excluding carboxylic acids is 2. The summed E-state index contributed by atoms with van der Waals surface area (Å²) in [5, 5.41) is 9.71. The summed E-state index contributed by atoms with van der Waals surface area (Å²) in [5.41, 5.74) is 1.31. The van der Waals surface area contributed by atoms with Gasteiger partial charge < -0.3 is 14.7 Å².